The fraction of sp³-hybridized carbons (Fsp3) is 0.562. The van der Waals surface area contributed by atoms with Gasteiger partial charge in [-0.15, -0.1) is 0 Å². The molecule has 1 aromatic rings. The topological polar surface area (TPSA) is 61.4 Å². The number of hydrogen-bond donors (Lipinski definition) is 3. The molecule has 0 aliphatic heterocycles. The molecular formula is C16H26N2O2. The van der Waals surface area contributed by atoms with Gasteiger partial charge in [0.15, 0.2) is 0 Å². The van der Waals surface area contributed by atoms with Crippen LogP contribution < -0.4 is 10.6 Å². The molecule has 0 saturated heterocycles. The third-order valence-corrected chi connectivity index (χ3v) is 3.17. The van der Waals surface area contributed by atoms with Crippen molar-refractivity contribution in [3.8, 4) is 0 Å². The van der Waals surface area contributed by atoms with E-state index in [1.165, 1.54) is 0 Å². The lowest BCUT2D eigenvalue weighted by atomic mass is 10.0. The first-order chi connectivity index (χ1) is 9.42. The number of anilines is 1. The Balaban J connectivity index is 2.51. The summed E-state index contributed by atoms with van der Waals surface area (Å²) in [5, 5.41) is 15.4. The number of aryl methyl sites for hydroxylation is 1. The van der Waals surface area contributed by atoms with Gasteiger partial charge < -0.3 is 15.7 Å². The SMILES string of the molecule is Cc1ccc(NC(=O)C(C)NC(CO)CC(C)C)cc1. The molecule has 0 fully saturated rings. The van der Waals surface area contributed by atoms with Crippen molar-refractivity contribution in [3.05, 3.63) is 29.8 Å². The van der Waals surface area contributed by atoms with E-state index < -0.39 is 0 Å². The summed E-state index contributed by atoms with van der Waals surface area (Å²) in [4.78, 5) is 12.1. The van der Waals surface area contributed by atoms with Crippen LogP contribution in [0.1, 0.15) is 32.8 Å². The summed E-state index contributed by atoms with van der Waals surface area (Å²) in [5.74, 6) is 0.392. The van der Waals surface area contributed by atoms with E-state index in [-0.39, 0.29) is 24.6 Å². The summed E-state index contributed by atoms with van der Waals surface area (Å²) < 4.78 is 0. The van der Waals surface area contributed by atoms with Gasteiger partial charge in [0, 0.05) is 11.7 Å². The molecule has 1 amide bonds. The molecule has 0 radical (unpaired) electrons. The lowest BCUT2D eigenvalue weighted by Gasteiger charge is -2.22. The Morgan fingerprint density at radius 2 is 1.80 bits per heavy atom. The summed E-state index contributed by atoms with van der Waals surface area (Å²) in [6.07, 6.45) is 0.846. The molecule has 0 heterocycles. The van der Waals surface area contributed by atoms with Crippen LogP contribution in [0.5, 0.6) is 0 Å². The third kappa shape index (κ3) is 5.72. The van der Waals surface area contributed by atoms with Crippen molar-refractivity contribution in [2.24, 2.45) is 5.92 Å². The van der Waals surface area contributed by atoms with Crippen LogP contribution in [0, 0.1) is 12.8 Å². The van der Waals surface area contributed by atoms with Crippen molar-refractivity contribution in [2.75, 3.05) is 11.9 Å². The fourth-order valence-electron chi connectivity index (χ4n) is 2.08. The van der Waals surface area contributed by atoms with Crippen LogP contribution in [0.2, 0.25) is 0 Å². The van der Waals surface area contributed by atoms with Gasteiger partial charge in [0.2, 0.25) is 5.91 Å². The van der Waals surface area contributed by atoms with Crippen LogP contribution in [0.15, 0.2) is 24.3 Å². The predicted molar refractivity (Wildman–Crippen MR) is 82.7 cm³/mol. The van der Waals surface area contributed by atoms with E-state index in [0.29, 0.717) is 5.92 Å². The zero-order chi connectivity index (χ0) is 15.1. The number of aliphatic hydroxyl groups is 1. The van der Waals surface area contributed by atoms with Crippen molar-refractivity contribution in [2.45, 2.75) is 46.2 Å². The summed E-state index contributed by atoms with van der Waals surface area (Å²) in [5.41, 5.74) is 1.95. The minimum atomic E-state index is -0.341. The fourth-order valence-corrected chi connectivity index (χ4v) is 2.08. The number of nitrogens with one attached hydrogen (secondary N) is 2. The number of benzene rings is 1. The second-order valence-electron chi connectivity index (χ2n) is 5.75. The number of rotatable bonds is 7. The molecule has 1 rings (SSSR count). The lowest BCUT2D eigenvalue weighted by molar-refractivity contribution is -0.118. The second kappa shape index (κ2) is 8.02. The minimum Gasteiger partial charge on any atom is -0.395 e. The molecule has 0 aliphatic rings. The van der Waals surface area contributed by atoms with Crippen molar-refractivity contribution in [3.63, 3.8) is 0 Å². The van der Waals surface area contributed by atoms with Crippen LogP contribution in [0.25, 0.3) is 0 Å². The van der Waals surface area contributed by atoms with Crippen molar-refractivity contribution < 1.29 is 9.90 Å². The van der Waals surface area contributed by atoms with Crippen LogP contribution in [0.4, 0.5) is 5.69 Å². The minimum absolute atomic E-state index is 0.0420. The summed E-state index contributed by atoms with van der Waals surface area (Å²) >= 11 is 0. The van der Waals surface area contributed by atoms with E-state index in [4.69, 9.17) is 0 Å². The molecule has 2 atom stereocenters. The molecule has 0 bridgehead atoms. The smallest absolute Gasteiger partial charge is 0.241 e. The van der Waals surface area contributed by atoms with Gasteiger partial charge in [-0.3, -0.25) is 4.79 Å². The maximum absolute atomic E-state index is 12.1. The quantitative estimate of drug-likeness (QED) is 0.717. The average molecular weight is 278 g/mol. The first-order valence-corrected chi connectivity index (χ1v) is 7.16. The van der Waals surface area contributed by atoms with Crippen molar-refractivity contribution in [1.29, 1.82) is 0 Å². The van der Waals surface area contributed by atoms with Gasteiger partial charge in [-0.05, 0) is 38.3 Å². The van der Waals surface area contributed by atoms with Gasteiger partial charge in [0.05, 0.1) is 12.6 Å². The normalized spacial score (nSPS) is 14.1. The molecule has 0 aliphatic carbocycles. The Morgan fingerprint density at radius 3 is 2.30 bits per heavy atom. The third-order valence-electron chi connectivity index (χ3n) is 3.17. The molecule has 0 spiro atoms. The summed E-state index contributed by atoms with van der Waals surface area (Å²) in [7, 11) is 0. The highest BCUT2D eigenvalue weighted by molar-refractivity contribution is 5.94. The molecule has 2 unspecified atom stereocenters. The van der Waals surface area contributed by atoms with E-state index in [9.17, 15) is 9.90 Å². The standard InChI is InChI=1S/C16H26N2O2/c1-11(2)9-15(10-19)17-13(4)16(20)18-14-7-5-12(3)6-8-14/h5-8,11,13,15,17,19H,9-10H2,1-4H3,(H,18,20). The highest BCUT2D eigenvalue weighted by Crippen LogP contribution is 2.10. The number of amides is 1. The predicted octanol–water partition coefficient (Wildman–Crippen LogP) is 2.32. The lowest BCUT2D eigenvalue weighted by Crippen LogP contribution is -2.46. The molecule has 0 aromatic heterocycles. The maximum atomic E-state index is 12.1. The Hall–Kier alpha value is -1.39. The Bertz CT molecular complexity index is 415. The first kappa shape index (κ1) is 16.7. The molecule has 0 saturated carbocycles. The summed E-state index contributed by atoms with van der Waals surface area (Å²) in [6, 6.07) is 7.31. The number of hydrogen-bond acceptors (Lipinski definition) is 3. The monoisotopic (exact) mass is 278 g/mol. The van der Waals surface area contributed by atoms with Crippen LogP contribution in [-0.2, 0) is 4.79 Å². The van der Waals surface area contributed by atoms with Crippen LogP contribution in [-0.4, -0.2) is 29.7 Å². The van der Waals surface area contributed by atoms with Gasteiger partial charge in [-0.2, -0.15) is 0 Å². The highest BCUT2D eigenvalue weighted by atomic mass is 16.3. The molecule has 4 heteroatoms. The Kier molecular flexibility index (Phi) is 6.68. The highest BCUT2D eigenvalue weighted by Gasteiger charge is 2.18. The molecular weight excluding hydrogens is 252 g/mol. The number of carbonyl (C=O) groups excluding carboxylic acids is 1. The zero-order valence-corrected chi connectivity index (χ0v) is 12.8. The zero-order valence-electron chi connectivity index (χ0n) is 12.8. The Morgan fingerprint density at radius 1 is 1.20 bits per heavy atom. The van der Waals surface area contributed by atoms with Crippen LogP contribution >= 0.6 is 0 Å². The molecule has 4 nitrogen and oxygen atoms in total. The molecule has 112 valence electrons. The van der Waals surface area contributed by atoms with Gasteiger partial charge >= 0.3 is 0 Å². The largest absolute Gasteiger partial charge is 0.395 e. The van der Waals surface area contributed by atoms with E-state index >= 15 is 0 Å². The van der Waals surface area contributed by atoms with Crippen molar-refractivity contribution in [1.82, 2.24) is 5.32 Å². The second-order valence-corrected chi connectivity index (χ2v) is 5.75. The van der Waals surface area contributed by atoms with Crippen molar-refractivity contribution >= 4 is 11.6 Å². The van der Waals surface area contributed by atoms with Crippen LogP contribution in [0.3, 0.4) is 0 Å². The average Bonchev–Trinajstić information content (AvgIpc) is 2.39. The van der Waals surface area contributed by atoms with E-state index in [1.807, 2.05) is 38.1 Å². The van der Waals surface area contributed by atoms with E-state index in [2.05, 4.69) is 24.5 Å². The van der Waals surface area contributed by atoms with Gasteiger partial charge in [0.1, 0.15) is 0 Å². The van der Waals surface area contributed by atoms with Gasteiger partial charge in [-0.1, -0.05) is 31.5 Å². The molecule has 3 N–H and O–H groups in total. The number of aliphatic hydroxyl groups excluding tert-OH is 1. The molecule has 20 heavy (non-hydrogen) atoms. The maximum Gasteiger partial charge on any atom is 0.241 e. The first-order valence-electron chi connectivity index (χ1n) is 7.16. The van der Waals surface area contributed by atoms with E-state index in [1.54, 1.807) is 0 Å². The molecule has 1 aromatic carbocycles. The van der Waals surface area contributed by atoms with Gasteiger partial charge in [-0.25, -0.2) is 0 Å². The Labute approximate surface area is 121 Å². The van der Waals surface area contributed by atoms with Gasteiger partial charge in [0.25, 0.3) is 0 Å². The van der Waals surface area contributed by atoms with E-state index in [0.717, 1.165) is 17.7 Å². The number of carbonyl (C=O) groups is 1. The summed E-state index contributed by atoms with van der Waals surface area (Å²) in [6.45, 7) is 8.06.